The number of nitrogens with one attached hydrogen (secondary N) is 1. The van der Waals surface area contributed by atoms with Crippen LogP contribution in [-0.4, -0.2) is 23.0 Å². The average molecular weight is 356 g/mol. The Kier molecular flexibility index (Phi) is 5.58. The number of carbonyl (C=O) groups is 2. The smallest absolute Gasteiger partial charge is 0.326 e. The topological polar surface area (TPSA) is 66.4 Å². The summed E-state index contributed by atoms with van der Waals surface area (Å²) in [5, 5.41) is 12.4. The summed E-state index contributed by atoms with van der Waals surface area (Å²) in [7, 11) is 0. The van der Waals surface area contributed by atoms with E-state index in [2.05, 4.69) is 5.32 Å². The second-order valence-electron chi connectivity index (χ2n) is 4.81. The van der Waals surface area contributed by atoms with Crippen molar-refractivity contribution in [1.29, 1.82) is 0 Å². The molecule has 2 N–H and O–H groups in total. The molecule has 0 radical (unpaired) electrons. The van der Waals surface area contributed by atoms with Crippen LogP contribution in [0.1, 0.15) is 15.9 Å². The van der Waals surface area contributed by atoms with Crippen molar-refractivity contribution in [1.82, 2.24) is 5.32 Å². The Bertz CT molecular complexity index is 735. The van der Waals surface area contributed by atoms with Gasteiger partial charge in [0.05, 0.1) is 0 Å². The highest BCUT2D eigenvalue weighted by atomic mass is 35.5. The van der Waals surface area contributed by atoms with Gasteiger partial charge in [-0.05, 0) is 42.0 Å². The maximum atomic E-state index is 12.9. The van der Waals surface area contributed by atoms with Crippen molar-refractivity contribution in [3.05, 3.63) is 69.5 Å². The lowest BCUT2D eigenvalue weighted by molar-refractivity contribution is -0.139. The van der Waals surface area contributed by atoms with E-state index in [0.29, 0.717) is 15.6 Å². The quantitative estimate of drug-likeness (QED) is 0.861. The van der Waals surface area contributed by atoms with Crippen molar-refractivity contribution in [2.24, 2.45) is 0 Å². The fourth-order valence-electron chi connectivity index (χ4n) is 1.95. The molecular formula is C16H12Cl2FNO3. The second-order valence-corrected chi connectivity index (χ2v) is 5.65. The van der Waals surface area contributed by atoms with Crippen LogP contribution in [0.4, 0.5) is 4.39 Å². The molecule has 23 heavy (non-hydrogen) atoms. The highest BCUT2D eigenvalue weighted by molar-refractivity contribution is 6.35. The summed E-state index contributed by atoms with van der Waals surface area (Å²) in [6.07, 6.45) is -0.00172. The highest BCUT2D eigenvalue weighted by Gasteiger charge is 2.22. The molecule has 0 saturated carbocycles. The Balaban J connectivity index is 2.14. The van der Waals surface area contributed by atoms with Gasteiger partial charge in [0.1, 0.15) is 11.9 Å². The molecule has 0 aliphatic carbocycles. The standard InChI is InChI=1S/C16H12Cl2FNO3/c17-11-4-1-10(13(18)8-11)7-14(16(22)23)20-15(21)9-2-5-12(19)6-3-9/h1-6,8,14H,7H2,(H,20,21)(H,22,23)/t14-/m1/s1. The zero-order valence-electron chi connectivity index (χ0n) is 11.7. The van der Waals surface area contributed by atoms with E-state index in [1.54, 1.807) is 12.1 Å². The molecule has 0 saturated heterocycles. The summed E-state index contributed by atoms with van der Waals surface area (Å²) in [5.74, 6) is -2.29. The number of aliphatic carboxylic acids is 1. The van der Waals surface area contributed by atoms with E-state index in [-0.39, 0.29) is 12.0 Å². The Morgan fingerprint density at radius 3 is 2.35 bits per heavy atom. The number of carboxylic acids is 1. The van der Waals surface area contributed by atoms with Crippen molar-refractivity contribution in [2.45, 2.75) is 12.5 Å². The molecule has 0 unspecified atom stereocenters. The van der Waals surface area contributed by atoms with Gasteiger partial charge in [-0.2, -0.15) is 0 Å². The first-order chi connectivity index (χ1) is 10.9. The normalized spacial score (nSPS) is 11.8. The molecule has 0 heterocycles. The largest absolute Gasteiger partial charge is 0.480 e. The SMILES string of the molecule is O=C(N[C@H](Cc1ccc(Cl)cc1Cl)C(=O)O)c1ccc(F)cc1. The number of hydrogen-bond donors (Lipinski definition) is 2. The third-order valence-corrected chi connectivity index (χ3v) is 3.74. The van der Waals surface area contributed by atoms with Gasteiger partial charge in [-0.3, -0.25) is 4.79 Å². The Morgan fingerprint density at radius 2 is 1.78 bits per heavy atom. The van der Waals surface area contributed by atoms with Gasteiger partial charge >= 0.3 is 5.97 Å². The van der Waals surface area contributed by atoms with Gasteiger partial charge in [-0.1, -0.05) is 29.3 Å². The number of halogens is 3. The summed E-state index contributed by atoms with van der Waals surface area (Å²) in [6.45, 7) is 0. The molecule has 0 aliphatic heterocycles. The average Bonchev–Trinajstić information content (AvgIpc) is 2.49. The molecule has 1 amide bonds. The van der Waals surface area contributed by atoms with E-state index in [1.807, 2.05) is 0 Å². The van der Waals surface area contributed by atoms with Crippen LogP contribution >= 0.6 is 23.2 Å². The maximum Gasteiger partial charge on any atom is 0.326 e. The van der Waals surface area contributed by atoms with Crippen LogP contribution in [0, 0.1) is 5.82 Å². The minimum atomic E-state index is -1.20. The van der Waals surface area contributed by atoms with Crippen LogP contribution < -0.4 is 5.32 Å². The molecule has 0 aliphatic rings. The number of hydrogen-bond acceptors (Lipinski definition) is 2. The molecule has 0 fully saturated rings. The fraction of sp³-hybridized carbons (Fsp3) is 0.125. The van der Waals surface area contributed by atoms with E-state index in [0.717, 1.165) is 12.1 Å². The molecule has 7 heteroatoms. The molecule has 2 aromatic rings. The minimum absolute atomic E-state index is 0.00172. The summed E-state index contributed by atoms with van der Waals surface area (Å²) in [4.78, 5) is 23.4. The highest BCUT2D eigenvalue weighted by Crippen LogP contribution is 2.22. The van der Waals surface area contributed by atoms with Crippen molar-refractivity contribution in [3.63, 3.8) is 0 Å². The van der Waals surface area contributed by atoms with Gasteiger partial charge in [0, 0.05) is 22.0 Å². The monoisotopic (exact) mass is 355 g/mol. The van der Waals surface area contributed by atoms with Crippen molar-refractivity contribution < 1.29 is 19.1 Å². The summed E-state index contributed by atoms with van der Waals surface area (Å²) < 4.78 is 12.9. The van der Waals surface area contributed by atoms with Crippen LogP contribution in [-0.2, 0) is 11.2 Å². The van der Waals surface area contributed by atoms with Crippen molar-refractivity contribution >= 4 is 35.1 Å². The van der Waals surface area contributed by atoms with Gasteiger partial charge in [0.15, 0.2) is 0 Å². The summed E-state index contributed by atoms with van der Waals surface area (Å²) in [6, 6.07) is 8.32. The lowest BCUT2D eigenvalue weighted by Crippen LogP contribution is -2.42. The summed E-state index contributed by atoms with van der Waals surface area (Å²) >= 11 is 11.8. The van der Waals surface area contributed by atoms with Gasteiger partial charge < -0.3 is 10.4 Å². The first-order valence-corrected chi connectivity index (χ1v) is 7.35. The molecule has 120 valence electrons. The molecule has 2 rings (SSSR count). The Morgan fingerprint density at radius 1 is 1.13 bits per heavy atom. The fourth-order valence-corrected chi connectivity index (χ4v) is 2.44. The third kappa shape index (κ3) is 4.68. The van der Waals surface area contributed by atoms with Crippen LogP contribution in [0.5, 0.6) is 0 Å². The van der Waals surface area contributed by atoms with E-state index in [4.69, 9.17) is 23.2 Å². The Labute approximate surface area is 141 Å². The second kappa shape index (κ2) is 7.44. The first-order valence-electron chi connectivity index (χ1n) is 6.60. The van der Waals surface area contributed by atoms with E-state index >= 15 is 0 Å². The zero-order valence-corrected chi connectivity index (χ0v) is 13.2. The third-order valence-electron chi connectivity index (χ3n) is 3.15. The molecule has 0 bridgehead atoms. The van der Waals surface area contributed by atoms with Gasteiger partial charge in [0.25, 0.3) is 5.91 Å². The molecule has 0 spiro atoms. The molecule has 1 atom stereocenters. The molecular weight excluding hydrogens is 344 g/mol. The molecule has 2 aromatic carbocycles. The summed E-state index contributed by atoms with van der Waals surface area (Å²) in [5.41, 5.74) is 0.711. The number of rotatable bonds is 5. The number of carbonyl (C=O) groups excluding carboxylic acids is 1. The maximum absolute atomic E-state index is 12.9. The first kappa shape index (κ1) is 17.2. The number of carboxylic acid groups (broad SMARTS) is 1. The molecule has 0 aromatic heterocycles. The van der Waals surface area contributed by atoms with Gasteiger partial charge in [-0.15, -0.1) is 0 Å². The van der Waals surface area contributed by atoms with Gasteiger partial charge in [0.2, 0.25) is 0 Å². The van der Waals surface area contributed by atoms with Crippen molar-refractivity contribution in [2.75, 3.05) is 0 Å². The van der Waals surface area contributed by atoms with Crippen molar-refractivity contribution in [3.8, 4) is 0 Å². The predicted octanol–water partition coefficient (Wildman–Crippen LogP) is 3.56. The lowest BCUT2D eigenvalue weighted by atomic mass is 10.1. The van der Waals surface area contributed by atoms with Gasteiger partial charge in [-0.25, -0.2) is 9.18 Å². The number of benzene rings is 2. The van der Waals surface area contributed by atoms with E-state index < -0.39 is 23.7 Å². The minimum Gasteiger partial charge on any atom is -0.480 e. The number of amides is 1. The zero-order chi connectivity index (χ0) is 17.0. The Hall–Kier alpha value is -2.11. The van der Waals surface area contributed by atoms with E-state index in [1.165, 1.54) is 18.2 Å². The lowest BCUT2D eigenvalue weighted by Gasteiger charge is -2.15. The predicted molar refractivity (Wildman–Crippen MR) is 85.5 cm³/mol. The van der Waals surface area contributed by atoms with E-state index in [9.17, 15) is 19.1 Å². The van der Waals surface area contributed by atoms with Crippen LogP contribution in [0.2, 0.25) is 10.0 Å². The van der Waals surface area contributed by atoms with Crippen LogP contribution in [0.25, 0.3) is 0 Å². The van der Waals surface area contributed by atoms with Crippen LogP contribution in [0.15, 0.2) is 42.5 Å². The van der Waals surface area contributed by atoms with Crippen LogP contribution in [0.3, 0.4) is 0 Å². The molecule has 4 nitrogen and oxygen atoms in total.